The third-order valence-electron chi connectivity index (χ3n) is 5.47. The Bertz CT molecular complexity index is 947. The van der Waals surface area contributed by atoms with E-state index in [4.69, 9.17) is 4.74 Å². The molecule has 1 saturated heterocycles. The number of hydrogen-bond acceptors (Lipinski definition) is 5. The number of thioether (sulfide) groups is 1. The van der Waals surface area contributed by atoms with Crippen molar-refractivity contribution in [3.8, 4) is 0 Å². The van der Waals surface area contributed by atoms with Crippen LogP contribution in [-0.4, -0.2) is 34.0 Å². The van der Waals surface area contributed by atoms with E-state index in [0.717, 1.165) is 36.7 Å². The maximum Gasteiger partial charge on any atom is 0.286 e. The molecule has 1 spiro atoms. The summed E-state index contributed by atoms with van der Waals surface area (Å²) in [7, 11) is 0. The molecule has 4 heterocycles. The second-order valence-electron chi connectivity index (χ2n) is 7.02. The number of amides is 1. The van der Waals surface area contributed by atoms with Crippen LogP contribution in [0.2, 0.25) is 0 Å². The summed E-state index contributed by atoms with van der Waals surface area (Å²) in [5.41, 5.74) is 3.43. The van der Waals surface area contributed by atoms with Gasteiger partial charge >= 0.3 is 0 Å². The molecule has 5 rings (SSSR count). The molecule has 1 fully saturated rings. The topological polar surface area (TPSA) is 54.8 Å². The second kappa shape index (κ2) is 6.62. The van der Waals surface area contributed by atoms with E-state index >= 15 is 0 Å². The van der Waals surface area contributed by atoms with Gasteiger partial charge in [-0.15, -0.1) is 0 Å². The summed E-state index contributed by atoms with van der Waals surface area (Å²) < 4.78 is 6.23. The van der Waals surface area contributed by atoms with Gasteiger partial charge in [-0.05, 0) is 59.5 Å². The molecule has 0 unspecified atom stereocenters. The minimum Gasteiger partial charge on any atom is -0.365 e. The largest absolute Gasteiger partial charge is 0.365 e. The quantitative estimate of drug-likeness (QED) is 0.711. The first kappa shape index (κ1) is 16.7. The van der Waals surface area contributed by atoms with Crippen LogP contribution in [0, 0.1) is 0 Å². The Labute approximate surface area is 162 Å². The van der Waals surface area contributed by atoms with E-state index < -0.39 is 0 Å². The van der Waals surface area contributed by atoms with Gasteiger partial charge in [0.1, 0.15) is 0 Å². The fourth-order valence-electron chi connectivity index (χ4n) is 4.00. The molecule has 3 aliphatic heterocycles. The molecule has 0 atom stereocenters. The molecular weight excluding hydrogens is 358 g/mol. The summed E-state index contributed by atoms with van der Waals surface area (Å²) in [5, 5.41) is 0.807. The summed E-state index contributed by atoms with van der Waals surface area (Å²) in [5.74, 6) is -0.158. The summed E-state index contributed by atoms with van der Waals surface area (Å²) in [4.78, 5) is 23.5. The molecule has 0 aliphatic carbocycles. The van der Waals surface area contributed by atoms with Crippen LogP contribution in [0.1, 0.15) is 29.5 Å². The van der Waals surface area contributed by atoms with Crippen molar-refractivity contribution in [1.82, 2.24) is 9.88 Å². The van der Waals surface area contributed by atoms with Crippen LogP contribution in [0.3, 0.4) is 0 Å². The van der Waals surface area contributed by atoms with E-state index in [9.17, 15) is 4.79 Å². The van der Waals surface area contributed by atoms with Crippen molar-refractivity contribution >= 4 is 28.9 Å². The number of carbonyl (C=O) groups excluding carboxylic acids is 1. The second-order valence-corrected chi connectivity index (χ2v) is 8.03. The number of aliphatic imine (C=N–C) groups is 1. The number of piperidine rings is 1. The van der Waals surface area contributed by atoms with Crippen molar-refractivity contribution in [2.45, 2.75) is 25.0 Å². The Morgan fingerprint density at radius 1 is 1.11 bits per heavy atom. The van der Waals surface area contributed by atoms with Crippen LogP contribution in [0.5, 0.6) is 0 Å². The SMILES string of the molecule is O=C1N=C(N2CCC3(CC2)OCc2ccccc23)SC1=Cc1ccncc1. The molecule has 2 aromatic rings. The molecule has 1 aromatic carbocycles. The number of benzene rings is 1. The van der Waals surface area contributed by atoms with Gasteiger partial charge in [0, 0.05) is 25.5 Å². The van der Waals surface area contributed by atoms with Crippen molar-refractivity contribution in [1.29, 1.82) is 0 Å². The van der Waals surface area contributed by atoms with Crippen molar-refractivity contribution in [3.63, 3.8) is 0 Å². The highest BCUT2D eigenvalue weighted by molar-refractivity contribution is 8.18. The van der Waals surface area contributed by atoms with Crippen LogP contribution in [-0.2, 0) is 21.7 Å². The third kappa shape index (κ3) is 2.99. The molecule has 0 saturated carbocycles. The number of nitrogens with zero attached hydrogens (tertiary/aromatic N) is 3. The minimum atomic E-state index is -0.170. The Morgan fingerprint density at radius 3 is 2.70 bits per heavy atom. The van der Waals surface area contributed by atoms with E-state index in [1.807, 2.05) is 18.2 Å². The lowest BCUT2D eigenvalue weighted by Crippen LogP contribution is -2.44. The molecule has 1 amide bonds. The fraction of sp³-hybridized carbons (Fsp3) is 0.286. The average Bonchev–Trinajstić information content (AvgIpc) is 3.25. The maximum atomic E-state index is 12.3. The number of likely N-dealkylation sites (tertiary alicyclic amines) is 1. The number of amidine groups is 1. The highest BCUT2D eigenvalue weighted by Gasteiger charge is 2.43. The Kier molecular flexibility index (Phi) is 4.10. The maximum absolute atomic E-state index is 12.3. The van der Waals surface area contributed by atoms with E-state index in [0.29, 0.717) is 11.5 Å². The van der Waals surface area contributed by atoms with Gasteiger partial charge in [0.25, 0.3) is 5.91 Å². The Morgan fingerprint density at radius 2 is 1.89 bits per heavy atom. The van der Waals surface area contributed by atoms with Crippen molar-refractivity contribution in [3.05, 3.63) is 70.4 Å². The molecule has 1 aromatic heterocycles. The molecule has 0 N–H and O–H groups in total. The highest BCUT2D eigenvalue weighted by atomic mass is 32.2. The average molecular weight is 377 g/mol. The van der Waals surface area contributed by atoms with Gasteiger partial charge in [0.05, 0.1) is 17.1 Å². The number of pyridine rings is 1. The molecule has 6 heteroatoms. The number of fused-ring (bicyclic) bond motifs is 2. The van der Waals surface area contributed by atoms with Gasteiger partial charge in [0.2, 0.25) is 0 Å². The molecule has 136 valence electrons. The predicted octanol–water partition coefficient (Wildman–Crippen LogP) is 3.57. The lowest BCUT2D eigenvalue weighted by atomic mass is 9.84. The van der Waals surface area contributed by atoms with E-state index in [1.165, 1.54) is 22.9 Å². The third-order valence-corrected chi connectivity index (χ3v) is 6.51. The van der Waals surface area contributed by atoms with Gasteiger partial charge in [-0.2, -0.15) is 4.99 Å². The number of rotatable bonds is 1. The monoisotopic (exact) mass is 377 g/mol. The van der Waals surface area contributed by atoms with E-state index in [-0.39, 0.29) is 11.5 Å². The predicted molar refractivity (Wildman–Crippen MR) is 106 cm³/mol. The summed E-state index contributed by atoms with van der Waals surface area (Å²) in [6.45, 7) is 2.38. The number of aromatic nitrogens is 1. The first-order valence-electron chi connectivity index (χ1n) is 9.13. The van der Waals surface area contributed by atoms with E-state index in [1.54, 1.807) is 12.4 Å². The van der Waals surface area contributed by atoms with E-state index in [2.05, 4.69) is 39.1 Å². The molecule has 27 heavy (non-hydrogen) atoms. The number of carbonyl (C=O) groups is 1. The van der Waals surface area contributed by atoms with Crippen LogP contribution in [0.25, 0.3) is 6.08 Å². The summed E-state index contributed by atoms with van der Waals surface area (Å²) in [6, 6.07) is 12.3. The van der Waals surface area contributed by atoms with Crippen LogP contribution in [0.15, 0.2) is 58.7 Å². The highest BCUT2D eigenvalue weighted by Crippen LogP contribution is 2.45. The van der Waals surface area contributed by atoms with Gasteiger partial charge < -0.3 is 9.64 Å². The molecule has 5 nitrogen and oxygen atoms in total. The zero-order valence-electron chi connectivity index (χ0n) is 14.8. The molecule has 3 aliphatic rings. The Balaban J connectivity index is 1.29. The smallest absolute Gasteiger partial charge is 0.286 e. The molecule has 0 bridgehead atoms. The Hall–Kier alpha value is -2.44. The zero-order valence-corrected chi connectivity index (χ0v) is 15.6. The van der Waals surface area contributed by atoms with Gasteiger partial charge in [-0.25, -0.2) is 0 Å². The summed E-state index contributed by atoms with van der Waals surface area (Å²) >= 11 is 1.46. The van der Waals surface area contributed by atoms with Gasteiger partial charge in [0.15, 0.2) is 5.17 Å². The molecule has 0 radical (unpaired) electrons. The number of ether oxygens (including phenoxy) is 1. The normalized spacial score (nSPS) is 22.4. The first-order valence-corrected chi connectivity index (χ1v) is 9.95. The zero-order chi connectivity index (χ0) is 18.3. The summed E-state index contributed by atoms with van der Waals surface area (Å²) in [6.07, 6.45) is 7.17. The van der Waals surface area contributed by atoms with Gasteiger partial charge in [-0.1, -0.05) is 24.3 Å². The van der Waals surface area contributed by atoms with Gasteiger partial charge in [-0.3, -0.25) is 9.78 Å². The van der Waals surface area contributed by atoms with Crippen LogP contribution < -0.4 is 0 Å². The van der Waals surface area contributed by atoms with Crippen molar-refractivity contribution < 1.29 is 9.53 Å². The van der Waals surface area contributed by atoms with Crippen LogP contribution in [0.4, 0.5) is 0 Å². The molecular formula is C21H19N3O2S. The van der Waals surface area contributed by atoms with Crippen molar-refractivity contribution in [2.75, 3.05) is 13.1 Å². The lowest BCUT2D eigenvalue weighted by Gasteiger charge is -2.39. The van der Waals surface area contributed by atoms with Crippen LogP contribution >= 0.6 is 11.8 Å². The number of hydrogen-bond donors (Lipinski definition) is 0. The minimum absolute atomic E-state index is 0.158. The standard InChI is InChI=1S/C21H19N3O2S/c25-19-18(13-15-5-9-22-10-6-15)27-20(23-19)24-11-7-21(8-12-24)17-4-2-1-3-16(17)14-26-21/h1-6,9-10,13H,7-8,11-12,14H2. The first-order chi connectivity index (χ1) is 13.2. The van der Waals surface area contributed by atoms with Crippen molar-refractivity contribution in [2.24, 2.45) is 4.99 Å². The fourth-order valence-corrected chi connectivity index (χ4v) is 4.97. The lowest BCUT2D eigenvalue weighted by molar-refractivity contribution is -0.113.